The molecular formula is C12H22N2O. The van der Waals surface area contributed by atoms with Gasteiger partial charge in [-0.2, -0.15) is 0 Å². The standard InChI is InChI=1S/C12H22N2O/c1-9(2)13-7-11-5-4-10(3)6-14(11)12(15)8-13/h9-11H,4-8H2,1-3H3. The summed E-state index contributed by atoms with van der Waals surface area (Å²) < 4.78 is 0. The molecule has 1 amide bonds. The zero-order valence-corrected chi connectivity index (χ0v) is 10.1. The number of nitrogens with zero attached hydrogens (tertiary/aromatic N) is 2. The molecule has 0 N–H and O–H groups in total. The maximum absolute atomic E-state index is 12.0. The third-order valence-corrected chi connectivity index (χ3v) is 3.78. The Kier molecular flexibility index (Phi) is 3.01. The van der Waals surface area contributed by atoms with E-state index in [4.69, 9.17) is 0 Å². The third-order valence-electron chi connectivity index (χ3n) is 3.78. The van der Waals surface area contributed by atoms with Crippen molar-refractivity contribution < 1.29 is 4.79 Å². The van der Waals surface area contributed by atoms with Crippen LogP contribution in [0.4, 0.5) is 0 Å². The number of carbonyl (C=O) groups excluding carboxylic acids is 1. The maximum Gasteiger partial charge on any atom is 0.237 e. The largest absolute Gasteiger partial charge is 0.337 e. The lowest BCUT2D eigenvalue weighted by atomic mass is 9.92. The molecule has 2 heterocycles. The first-order chi connectivity index (χ1) is 7.08. The van der Waals surface area contributed by atoms with Crippen LogP contribution >= 0.6 is 0 Å². The smallest absolute Gasteiger partial charge is 0.237 e. The van der Waals surface area contributed by atoms with Crippen molar-refractivity contribution in [3.8, 4) is 0 Å². The SMILES string of the molecule is CC1CCC2CN(C(C)C)CC(=O)N2C1. The van der Waals surface area contributed by atoms with Crippen molar-refractivity contribution in [2.24, 2.45) is 5.92 Å². The molecule has 2 aliphatic rings. The topological polar surface area (TPSA) is 23.6 Å². The Labute approximate surface area is 92.4 Å². The van der Waals surface area contributed by atoms with E-state index in [0.29, 0.717) is 30.5 Å². The van der Waals surface area contributed by atoms with Crippen LogP contribution in [0, 0.1) is 5.92 Å². The minimum absolute atomic E-state index is 0.339. The molecule has 15 heavy (non-hydrogen) atoms. The molecule has 0 aromatic rings. The van der Waals surface area contributed by atoms with Crippen LogP contribution in [0.2, 0.25) is 0 Å². The minimum atomic E-state index is 0.339. The zero-order valence-electron chi connectivity index (χ0n) is 10.1. The van der Waals surface area contributed by atoms with Gasteiger partial charge in [0.05, 0.1) is 6.54 Å². The van der Waals surface area contributed by atoms with Gasteiger partial charge in [-0.1, -0.05) is 6.92 Å². The van der Waals surface area contributed by atoms with Crippen molar-refractivity contribution in [2.75, 3.05) is 19.6 Å². The number of amides is 1. The molecule has 0 aromatic carbocycles. The highest BCUT2D eigenvalue weighted by Gasteiger charge is 2.36. The summed E-state index contributed by atoms with van der Waals surface area (Å²) >= 11 is 0. The summed E-state index contributed by atoms with van der Waals surface area (Å²) in [4.78, 5) is 16.4. The van der Waals surface area contributed by atoms with Crippen LogP contribution < -0.4 is 0 Å². The van der Waals surface area contributed by atoms with E-state index in [-0.39, 0.29) is 0 Å². The van der Waals surface area contributed by atoms with Gasteiger partial charge in [-0.05, 0) is 32.6 Å². The molecule has 0 spiro atoms. The van der Waals surface area contributed by atoms with Gasteiger partial charge in [0.25, 0.3) is 0 Å². The summed E-state index contributed by atoms with van der Waals surface area (Å²) in [6.45, 7) is 9.29. The molecule has 0 saturated carbocycles. The number of rotatable bonds is 1. The Morgan fingerprint density at radius 3 is 2.67 bits per heavy atom. The van der Waals surface area contributed by atoms with Crippen LogP contribution in [-0.4, -0.2) is 47.4 Å². The second-order valence-electron chi connectivity index (χ2n) is 5.41. The van der Waals surface area contributed by atoms with E-state index in [2.05, 4.69) is 30.6 Å². The van der Waals surface area contributed by atoms with Crippen LogP contribution in [0.25, 0.3) is 0 Å². The molecule has 2 saturated heterocycles. The lowest BCUT2D eigenvalue weighted by molar-refractivity contribution is -0.143. The van der Waals surface area contributed by atoms with Crippen LogP contribution in [0.5, 0.6) is 0 Å². The molecule has 0 bridgehead atoms. The first-order valence-electron chi connectivity index (χ1n) is 6.11. The number of hydrogen-bond donors (Lipinski definition) is 0. The van der Waals surface area contributed by atoms with E-state index < -0.39 is 0 Å². The van der Waals surface area contributed by atoms with Crippen LogP contribution in [0.1, 0.15) is 33.6 Å². The van der Waals surface area contributed by atoms with E-state index in [1.165, 1.54) is 12.8 Å². The van der Waals surface area contributed by atoms with Crippen molar-refractivity contribution in [2.45, 2.75) is 45.7 Å². The zero-order chi connectivity index (χ0) is 11.0. The van der Waals surface area contributed by atoms with Crippen molar-refractivity contribution in [3.63, 3.8) is 0 Å². The molecule has 2 aliphatic heterocycles. The summed E-state index contributed by atoms with van der Waals surface area (Å²) in [6, 6.07) is 0.986. The fourth-order valence-corrected chi connectivity index (χ4v) is 2.70. The van der Waals surface area contributed by atoms with Crippen molar-refractivity contribution >= 4 is 5.91 Å². The van der Waals surface area contributed by atoms with E-state index in [0.717, 1.165) is 13.1 Å². The molecule has 86 valence electrons. The Morgan fingerprint density at radius 1 is 1.27 bits per heavy atom. The Balaban J connectivity index is 2.04. The van der Waals surface area contributed by atoms with Gasteiger partial charge in [0.1, 0.15) is 0 Å². The Bertz CT molecular complexity index is 252. The summed E-state index contributed by atoms with van der Waals surface area (Å²) in [5, 5.41) is 0. The summed E-state index contributed by atoms with van der Waals surface area (Å²) in [5.74, 6) is 1.03. The van der Waals surface area contributed by atoms with E-state index in [1.54, 1.807) is 0 Å². The molecule has 0 aromatic heterocycles. The molecule has 0 radical (unpaired) electrons. The van der Waals surface area contributed by atoms with Gasteiger partial charge in [0, 0.05) is 25.2 Å². The second kappa shape index (κ2) is 4.12. The maximum atomic E-state index is 12.0. The van der Waals surface area contributed by atoms with E-state index in [9.17, 15) is 4.79 Å². The molecule has 3 nitrogen and oxygen atoms in total. The Hall–Kier alpha value is -0.570. The fraction of sp³-hybridized carbons (Fsp3) is 0.917. The van der Waals surface area contributed by atoms with Gasteiger partial charge in [-0.15, -0.1) is 0 Å². The minimum Gasteiger partial charge on any atom is -0.337 e. The average Bonchev–Trinajstić information content (AvgIpc) is 2.18. The normalized spacial score (nSPS) is 33.3. The molecule has 3 heteroatoms. The lowest BCUT2D eigenvalue weighted by Gasteiger charge is -2.46. The van der Waals surface area contributed by atoms with Gasteiger partial charge >= 0.3 is 0 Å². The quantitative estimate of drug-likeness (QED) is 0.652. The van der Waals surface area contributed by atoms with Crippen LogP contribution in [-0.2, 0) is 4.79 Å². The molecule has 2 rings (SSSR count). The first-order valence-corrected chi connectivity index (χ1v) is 6.11. The molecule has 0 aliphatic carbocycles. The van der Waals surface area contributed by atoms with E-state index in [1.807, 2.05) is 0 Å². The van der Waals surface area contributed by atoms with Crippen LogP contribution in [0.15, 0.2) is 0 Å². The number of hydrogen-bond acceptors (Lipinski definition) is 2. The molecule has 2 unspecified atom stereocenters. The monoisotopic (exact) mass is 210 g/mol. The summed E-state index contributed by atoms with van der Waals surface area (Å²) in [6.07, 6.45) is 2.47. The highest BCUT2D eigenvalue weighted by molar-refractivity contribution is 5.79. The highest BCUT2D eigenvalue weighted by Crippen LogP contribution is 2.25. The van der Waals surface area contributed by atoms with E-state index >= 15 is 0 Å². The summed E-state index contributed by atoms with van der Waals surface area (Å²) in [7, 11) is 0. The van der Waals surface area contributed by atoms with Gasteiger partial charge < -0.3 is 4.90 Å². The second-order valence-corrected chi connectivity index (χ2v) is 5.41. The predicted molar refractivity (Wildman–Crippen MR) is 60.6 cm³/mol. The third kappa shape index (κ3) is 2.17. The molecule has 2 fully saturated rings. The summed E-state index contributed by atoms with van der Waals surface area (Å²) in [5.41, 5.74) is 0. The molecular weight excluding hydrogens is 188 g/mol. The highest BCUT2D eigenvalue weighted by atomic mass is 16.2. The Morgan fingerprint density at radius 2 is 2.00 bits per heavy atom. The van der Waals surface area contributed by atoms with Crippen molar-refractivity contribution in [1.82, 2.24) is 9.80 Å². The average molecular weight is 210 g/mol. The van der Waals surface area contributed by atoms with Gasteiger partial charge in [0.2, 0.25) is 5.91 Å². The number of carbonyl (C=O) groups is 1. The first kappa shape index (κ1) is 10.9. The fourth-order valence-electron chi connectivity index (χ4n) is 2.70. The van der Waals surface area contributed by atoms with Gasteiger partial charge in [-0.3, -0.25) is 9.69 Å². The molecule has 2 atom stereocenters. The van der Waals surface area contributed by atoms with Crippen molar-refractivity contribution in [3.05, 3.63) is 0 Å². The number of piperidine rings is 1. The number of piperazine rings is 1. The lowest BCUT2D eigenvalue weighted by Crippen LogP contribution is -2.60. The predicted octanol–water partition coefficient (Wildman–Crippen LogP) is 1.34. The van der Waals surface area contributed by atoms with Crippen LogP contribution in [0.3, 0.4) is 0 Å². The van der Waals surface area contributed by atoms with Gasteiger partial charge in [-0.25, -0.2) is 0 Å². The van der Waals surface area contributed by atoms with Crippen molar-refractivity contribution in [1.29, 1.82) is 0 Å². The number of fused-ring (bicyclic) bond motifs is 1. The van der Waals surface area contributed by atoms with Gasteiger partial charge in [0.15, 0.2) is 0 Å².